The van der Waals surface area contributed by atoms with Crippen LogP contribution in [0.1, 0.15) is 5.69 Å². The normalized spacial score (nSPS) is 8.44. The standard InChI is InChI=1S/C6H2ClN2/c1-2-5-3-4-6(7)9-8-5/h3-4H. The molecule has 0 aromatic carbocycles. The van der Waals surface area contributed by atoms with Gasteiger partial charge in [-0.15, -0.1) is 10.2 Å². The highest BCUT2D eigenvalue weighted by molar-refractivity contribution is 6.29. The predicted octanol–water partition coefficient (Wildman–Crippen LogP) is 1.07. The van der Waals surface area contributed by atoms with Gasteiger partial charge in [-0.3, -0.25) is 0 Å². The molecule has 0 N–H and O–H groups in total. The van der Waals surface area contributed by atoms with Gasteiger partial charge < -0.3 is 0 Å². The van der Waals surface area contributed by atoms with Gasteiger partial charge in [0, 0.05) is 0 Å². The van der Waals surface area contributed by atoms with Crippen molar-refractivity contribution in [3.05, 3.63) is 29.4 Å². The van der Waals surface area contributed by atoms with Crippen LogP contribution in [0.25, 0.3) is 0 Å². The summed E-state index contributed by atoms with van der Waals surface area (Å²) in [5.41, 5.74) is 0.388. The van der Waals surface area contributed by atoms with Crippen molar-refractivity contribution in [3.8, 4) is 5.92 Å². The fourth-order valence-electron chi connectivity index (χ4n) is 0.383. The molecule has 2 nitrogen and oxygen atoms in total. The summed E-state index contributed by atoms with van der Waals surface area (Å²) in [6.45, 7) is 0. The molecule has 0 amide bonds. The number of halogens is 1. The van der Waals surface area contributed by atoms with Gasteiger partial charge in [-0.05, 0) is 24.5 Å². The molecule has 1 radical (unpaired) electrons. The van der Waals surface area contributed by atoms with Crippen molar-refractivity contribution in [1.82, 2.24) is 10.2 Å². The molecule has 0 atom stereocenters. The first-order valence-electron chi connectivity index (χ1n) is 2.25. The summed E-state index contributed by atoms with van der Waals surface area (Å²) >= 11 is 5.41. The van der Waals surface area contributed by atoms with Gasteiger partial charge in [0.25, 0.3) is 0 Å². The van der Waals surface area contributed by atoms with Crippen LogP contribution in [0.2, 0.25) is 5.15 Å². The van der Waals surface area contributed by atoms with Gasteiger partial charge in [-0.1, -0.05) is 11.6 Å². The molecule has 0 saturated heterocycles. The third-order valence-electron chi connectivity index (χ3n) is 0.760. The second kappa shape index (κ2) is 2.47. The summed E-state index contributed by atoms with van der Waals surface area (Å²) in [6, 6.07) is 3.13. The van der Waals surface area contributed by atoms with E-state index in [1.54, 1.807) is 12.1 Å². The average molecular weight is 138 g/mol. The zero-order chi connectivity index (χ0) is 6.69. The van der Waals surface area contributed by atoms with Crippen LogP contribution >= 0.6 is 11.6 Å². The maximum atomic E-state index is 6.62. The van der Waals surface area contributed by atoms with Crippen LogP contribution in [0.15, 0.2) is 12.1 Å². The number of nitrogens with zero attached hydrogens (tertiary/aromatic N) is 2. The van der Waals surface area contributed by atoms with Crippen LogP contribution in [-0.4, -0.2) is 10.2 Å². The van der Waals surface area contributed by atoms with Gasteiger partial charge in [0.05, 0.1) is 0 Å². The Balaban J connectivity index is 3.06. The van der Waals surface area contributed by atoms with Crippen LogP contribution in [0.5, 0.6) is 0 Å². The number of aromatic nitrogens is 2. The smallest absolute Gasteiger partial charge is 0.140 e. The Morgan fingerprint density at radius 3 is 2.67 bits per heavy atom. The van der Waals surface area contributed by atoms with Gasteiger partial charge in [0.1, 0.15) is 5.69 Å². The molecule has 43 valence electrons. The summed E-state index contributed by atoms with van der Waals surface area (Å²) in [6.07, 6.45) is 6.62. The number of hydrogen-bond donors (Lipinski definition) is 0. The molecule has 0 bridgehead atoms. The van der Waals surface area contributed by atoms with Crippen molar-refractivity contribution >= 4 is 11.6 Å². The molecule has 0 spiro atoms. The Morgan fingerprint density at radius 2 is 2.22 bits per heavy atom. The molecule has 0 saturated carbocycles. The van der Waals surface area contributed by atoms with Crippen LogP contribution in [-0.2, 0) is 0 Å². The molecule has 9 heavy (non-hydrogen) atoms. The molecule has 1 aromatic rings. The Labute approximate surface area is 57.9 Å². The molecule has 1 aromatic heterocycles. The minimum atomic E-state index is 0.328. The van der Waals surface area contributed by atoms with Crippen molar-refractivity contribution in [2.45, 2.75) is 0 Å². The Bertz CT molecular complexity index is 234. The minimum absolute atomic E-state index is 0.328. The van der Waals surface area contributed by atoms with E-state index in [2.05, 4.69) is 16.1 Å². The summed E-state index contributed by atoms with van der Waals surface area (Å²) in [7, 11) is 0. The summed E-state index contributed by atoms with van der Waals surface area (Å²) < 4.78 is 0. The van der Waals surface area contributed by atoms with E-state index in [1.165, 1.54) is 0 Å². The lowest BCUT2D eigenvalue weighted by Crippen LogP contribution is -1.84. The lowest BCUT2D eigenvalue weighted by atomic mass is 10.4. The van der Waals surface area contributed by atoms with Crippen LogP contribution in [0.4, 0.5) is 0 Å². The molecule has 0 unspecified atom stereocenters. The van der Waals surface area contributed by atoms with Crippen molar-refractivity contribution in [1.29, 1.82) is 0 Å². The summed E-state index contributed by atoms with van der Waals surface area (Å²) in [5, 5.41) is 7.33. The largest absolute Gasteiger partial charge is 0.151 e. The fraction of sp³-hybridized carbons (Fsp3) is 0. The second-order valence-corrected chi connectivity index (χ2v) is 1.75. The predicted molar refractivity (Wildman–Crippen MR) is 33.3 cm³/mol. The van der Waals surface area contributed by atoms with Crippen LogP contribution < -0.4 is 0 Å². The molecule has 0 fully saturated rings. The van der Waals surface area contributed by atoms with Crippen LogP contribution in [0, 0.1) is 12.3 Å². The van der Waals surface area contributed by atoms with Crippen molar-refractivity contribution in [2.75, 3.05) is 0 Å². The molecule has 1 heterocycles. The number of hydrogen-bond acceptors (Lipinski definition) is 2. The molecule has 1 rings (SSSR count). The molecular formula is C6H2ClN2. The van der Waals surface area contributed by atoms with Crippen molar-refractivity contribution in [3.63, 3.8) is 0 Å². The van der Waals surface area contributed by atoms with Crippen molar-refractivity contribution in [2.24, 2.45) is 0 Å². The highest BCUT2D eigenvalue weighted by Gasteiger charge is 1.88. The molecule has 3 heteroatoms. The third kappa shape index (κ3) is 1.41. The highest BCUT2D eigenvalue weighted by atomic mass is 35.5. The lowest BCUT2D eigenvalue weighted by molar-refractivity contribution is 1.01. The summed E-state index contributed by atoms with van der Waals surface area (Å²) in [4.78, 5) is 0. The zero-order valence-electron chi connectivity index (χ0n) is 4.43. The van der Waals surface area contributed by atoms with E-state index in [4.69, 9.17) is 18.0 Å². The summed E-state index contributed by atoms with van der Waals surface area (Å²) in [5.74, 6) is 2.07. The van der Waals surface area contributed by atoms with Crippen molar-refractivity contribution < 1.29 is 0 Å². The average Bonchev–Trinajstić information content (AvgIpc) is 1.90. The Hall–Kier alpha value is -1.07. The SMILES string of the molecule is [C]#Cc1ccc(Cl)nn1. The quantitative estimate of drug-likeness (QED) is 0.500. The first-order valence-corrected chi connectivity index (χ1v) is 2.62. The van der Waals surface area contributed by atoms with Gasteiger partial charge in [-0.25, -0.2) is 0 Å². The Kier molecular flexibility index (Phi) is 1.66. The van der Waals surface area contributed by atoms with E-state index < -0.39 is 0 Å². The first kappa shape index (κ1) is 6.06. The first-order chi connectivity index (χ1) is 4.33. The topological polar surface area (TPSA) is 25.8 Å². The van der Waals surface area contributed by atoms with Gasteiger partial charge in [0.15, 0.2) is 5.15 Å². The van der Waals surface area contributed by atoms with Gasteiger partial charge in [0.2, 0.25) is 0 Å². The van der Waals surface area contributed by atoms with Crippen LogP contribution in [0.3, 0.4) is 0 Å². The van der Waals surface area contributed by atoms with Gasteiger partial charge >= 0.3 is 0 Å². The maximum absolute atomic E-state index is 6.62. The van der Waals surface area contributed by atoms with E-state index in [9.17, 15) is 0 Å². The van der Waals surface area contributed by atoms with E-state index >= 15 is 0 Å². The lowest BCUT2D eigenvalue weighted by Gasteiger charge is -1.85. The maximum Gasteiger partial charge on any atom is 0.151 e. The van der Waals surface area contributed by atoms with E-state index in [0.717, 1.165) is 0 Å². The molecule has 0 aliphatic carbocycles. The molecule has 0 aliphatic heterocycles. The van der Waals surface area contributed by atoms with E-state index in [0.29, 0.717) is 10.8 Å². The monoisotopic (exact) mass is 137 g/mol. The Morgan fingerprint density at radius 1 is 1.44 bits per heavy atom. The minimum Gasteiger partial charge on any atom is -0.140 e. The molecular weight excluding hydrogens is 136 g/mol. The molecule has 0 aliphatic rings. The highest BCUT2D eigenvalue weighted by Crippen LogP contribution is 2.00. The van der Waals surface area contributed by atoms with E-state index in [1.807, 2.05) is 0 Å². The zero-order valence-corrected chi connectivity index (χ0v) is 5.18. The van der Waals surface area contributed by atoms with E-state index in [-0.39, 0.29) is 0 Å². The third-order valence-corrected chi connectivity index (χ3v) is 0.962. The fourth-order valence-corrected chi connectivity index (χ4v) is 0.483. The number of rotatable bonds is 0. The second-order valence-electron chi connectivity index (χ2n) is 1.37. The van der Waals surface area contributed by atoms with Gasteiger partial charge in [-0.2, -0.15) is 0 Å².